The van der Waals surface area contributed by atoms with Crippen molar-refractivity contribution in [2.45, 2.75) is 32.3 Å². The van der Waals surface area contributed by atoms with Crippen molar-refractivity contribution in [3.05, 3.63) is 29.3 Å². The first-order chi connectivity index (χ1) is 8.20. The van der Waals surface area contributed by atoms with Gasteiger partial charge in [-0.25, -0.2) is 0 Å². The van der Waals surface area contributed by atoms with Gasteiger partial charge in [-0.3, -0.25) is 4.79 Å². The number of methoxy groups -OCH3 is 1. The van der Waals surface area contributed by atoms with Crippen LogP contribution in [0.25, 0.3) is 0 Å². The fraction of sp³-hybridized carbons (Fsp3) is 0.500. The number of benzene rings is 1. The molecule has 0 saturated carbocycles. The molecule has 0 amide bonds. The zero-order chi connectivity index (χ0) is 12.3. The number of Topliss-reactive ketones (excluding diaryl/α,β-unsaturated/α-hetero) is 1. The zero-order valence-corrected chi connectivity index (χ0v) is 10.4. The first-order valence-electron chi connectivity index (χ1n) is 6.00. The van der Waals surface area contributed by atoms with Crippen LogP contribution in [-0.4, -0.2) is 25.6 Å². The molecule has 0 aromatic heterocycles. The summed E-state index contributed by atoms with van der Waals surface area (Å²) < 4.78 is 10.7. The first kappa shape index (κ1) is 12.1. The van der Waals surface area contributed by atoms with E-state index in [0.29, 0.717) is 6.42 Å². The highest BCUT2D eigenvalue weighted by Gasteiger charge is 2.20. The van der Waals surface area contributed by atoms with E-state index in [1.165, 1.54) is 0 Å². The van der Waals surface area contributed by atoms with Gasteiger partial charge in [0.15, 0.2) is 5.78 Å². The smallest absolute Gasteiger partial charge is 0.165 e. The molecule has 92 valence electrons. The number of hydrogen-bond donors (Lipinski definition) is 0. The Labute approximate surface area is 102 Å². The third kappa shape index (κ3) is 2.86. The molecular formula is C14H18O3. The summed E-state index contributed by atoms with van der Waals surface area (Å²) in [6.07, 6.45) is 2.68. The minimum Gasteiger partial charge on any atom is -0.496 e. The van der Waals surface area contributed by atoms with Crippen molar-refractivity contribution in [2.75, 3.05) is 13.7 Å². The molecule has 0 radical (unpaired) electrons. The minimum absolute atomic E-state index is 0.116. The Kier molecular flexibility index (Phi) is 3.79. The summed E-state index contributed by atoms with van der Waals surface area (Å²) in [5.41, 5.74) is 1.74. The van der Waals surface area contributed by atoms with Crippen molar-refractivity contribution in [1.82, 2.24) is 0 Å². The van der Waals surface area contributed by atoms with E-state index in [-0.39, 0.29) is 11.9 Å². The molecule has 3 heteroatoms. The molecule has 1 heterocycles. The Hall–Kier alpha value is -1.35. The Morgan fingerprint density at radius 1 is 1.53 bits per heavy atom. The molecule has 17 heavy (non-hydrogen) atoms. The largest absolute Gasteiger partial charge is 0.496 e. The zero-order valence-electron chi connectivity index (χ0n) is 10.4. The van der Waals surface area contributed by atoms with Crippen LogP contribution in [0.15, 0.2) is 18.2 Å². The van der Waals surface area contributed by atoms with E-state index >= 15 is 0 Å². The Morgan fingerprint density at radius 3 is 2.94 bits per heavy atom. The minimum atomic E-state index is 0.116. The van der Waals surface area contributed by atoms with E-state index in [0.717, 1.165) is 36.3 Å². The van der Waals surface area contributed by atoms with Crippen LogP contribution in [0.1, 0.15) is 35.2 Å². The molecule has 1 aromatic carbocycles. The van der Waals surface area contributed by atoms with Gasteiger partial charge in [-0.05, 0) is 43.5 Å². The number of hydrogen-bond acceptors (Lipinski definition) is 3. The first-order valence-corrected chi connectivity index (χ1v) is 6.00. The number of rotatable bonds is 4. The molecule has 1 fully saturated rings. The molecule has 0 spiro atoms. The van der Waals surface area contributed by atoms with Gasteiger partial charge in [-0.1, -0.05) is 0 Å². The van der Waals surface area contributed by atoms with Crippen LogP contribution in [0.4, 0.5) is 0 Å². The van der Waals surface area contributed by atoms with Crippen LogP contribution >= 0.6 is 0 Å². The molecule has 1 atom stereocenters. The molecule has 3 nitrogen and oxygen atoms in total. The van der Waals surface area contributed by atoms with Crippen LogP contribution in [0.5, 0.6) is 5.75 Å². The second-order valence-electron chi connectivity index (χ2n) is 4.45. The fourth-order valence-electron chi connectivity index (χ4n) is 2.18. The highest BCUT2D eigenvalue weighted by Crippen LogP contribution is 2.22. The van der Waals surface area contributed by atoms with Crippen molar-refractivity contribution in [1.29, 1.82) is 0 Å². The second kappa shape index (κ2) is 5.32. The second-order valence-corrected chi connectivity index (χ2v) is 4.45. The third-order valence-electron chi connectivity index (χ3n) is 3.15. The van der Waals surface area contributed by atoms with E-state index in [2.05, 4.69) is 0 Å². The van der Waals surface area contributed by atoms with Crippen molar-refractivity contribution < 1.29 is 14.3 Å². The summed E-state index contributed by atoms with van der Waals surface area (Å²) in [6.45, 7) is 2.74. The number of ether oxygens (including phenoxy) is 2. The molecule has 1 unspecified atom stereocenters. The number of carbonyl (C=O) groups is 1. The number of aryl methyl sites for hydroxylation is 1. The predicted octanol–water partition coefficient (Wildman–Crippen LogP) is 2.76. The van der Waals surface area contributed by atoms with Gasteiger partial charge in [-0.15, -0.1) is 0 Å². The molecule has 0 N–H and O–H groups in total. The van der Waals surface area contributed by atoms with Crippen LogP contribution in [-0.2, 0) is 4.74 Å². The highest BCUT2D eigenvalue weighted by atomic mass is 16.5. The van der Waals surface area contributed by atoms with Gasteiger partial charge in [0.05, 0.1) is 13.2 Å². The summed E-state index contributed by atoms with van der Waals surface area (Å²) in [4.78, 5) is 12.0. The van der Waals surface area contributed by atoms with Gasteiger partial charge in [0.2, 0.25) is 0 Å². The van der Waals surface area contributed by atoms with Crippen LogP contribution < -0.4 is 4.74 Å². The average Bonchev–Trinajstić information content (AvgIpc) is 2.81. The van der Waals surface area contributed by atoms with E-state index in [4.69, 9.17) is 9.47 Å². The third-order valence-corrected chi connectivity index (χ3v) is 3.15. The molecular weight excluding hydrogens is 216 g/mol. The van der Waals surface area contributed by atoms with Gasteiger partial charge in [-0.2, -0.15) is 0 Å². The quantitative estimate of drug-likeness (QED) is 0.751. The maximum atomic E-state index is 12.0. The molecule has 1 aliphatic heterocycles. The van der Waals surface area contributed by atoms with Crippen LogP contribution in [0.2, 0.25) is 0 Å². The number of carbonyl (C=O) groups excluding carboxylic acids is 1. The topological polar surface area (TPSA) is 35.5 Å². The Bertz CT molecular complexity index is 406. The monoisotopic (exact) mass is 234 g/mol. The lowest BCUT2D eigenvalue weighted by Crippen LogP contribution is -2.12. The van der Waals surface area contributed by atoms with Crippen LogP contribution in [0.3, 0.4) is 0 Å². The summed E-state index contributed by atoms with van der Waals surface area (Å²) in [5, 5.41) is 0. The van der Waals surface area contributed by atoms with Gasteiger partial charge in [0, 0.05) is 18.6 Å². The molecule has 1 aromatic rings. The van der Waals surface area contributed by atoms with Gasteiger partial charge in [0.25, 0.3) is 0 Å². The summed E-state index contributed by atoms with van der Waals surface area (Å²) in [5.74, 6) is 0.973. The standard InChI is InChI=1S/C14H18O3/c1-10-8-11(5-6-14(10)16-2)13(15)9-12-4-3-7-17-12/h5-6,8,12H,3-4,7,9H2,1-2H3. The number of ketones is 1. The van der Waals surface area contributed by atoms with E-state index in [1.807, 2.05) is 25.1 Å². The molecule has 1 saturated heterocycles. The Morgan fingerprint density at radius 2 is 2.35 bits per heavy atom. The SMILES string of the molecule is COc1ccc(C(=O)CC2CCCO2)cc1C. The van der Waals surface area contributed by atoms with Crippen LogP contribution in [0, 0.1) is 6.92 Å². The van der Waals surface area contributed by atoms with Crippen molar-refractivity contribution in [3.63, 3.8) is 0 Å². The molecule has 0 aliphatic carbocycles. The Balaban J connectivity index is 2.05. The van der Waals surface area contributed by atoms with Crippen molar-refractivity contribution >= 4 is 5.78 Å². The van der Waals surface area contributed by atoms with Crippen molar-refractivity contribution in [3.8, 4) is 5.75 Å². The molecule has 2 rings (SSSR count). The van der Waals surface area contributed by atoms with E-state index < -0.39 is 0 Å². The predicted molar refractivity (Wildman–Crippen MR) is 65.7 cm³/mol. The lowest BCUT2D eigenvalue weighted by Gasteiger charge is -2.10. The van der Waals surface area contributed by atoms with E-state index in [9.17, 15) is 4.79 Å². The lowest BCUT2D eigenvalue weighted by atomic mass is 10.0. The molecule has 1 aliphatic rings. The van der Waals surface area contributed by atoms with Crippen molar-refractivity contribution in [2.24, 2.45) is 0 Å². The maximum absolute atomic E-state index is 12.0. The summed E-state index contributed by atoms with van der Waals surface area (Å²) in [7, 11) is 1.64. The average molecular weight is 234 g/mol. The fourth-order valence-corrected chi connectivity index (χ4v) is 2.18. The maximum Gasteiger partial charge on any atom is 0.165 e. The van der Waals surface area contributed by atoms with Gasteiger partial charge in [0.1, 0.15) is 5.75 Å². The van der Waals surface area contributed by atoms with Gasteiger partial charge >= 0.3 is 0 Å². The lowest BCUT2D eigenvalue weighted by molar-refractivity contribution is 0.0775. The summed E-state index contributed by atoms with van der Waals surface area (Å²) in [6, 6.07) is 5.55. The van der Waals surface area contributed by atoms with Gasteiger partial charge < -0.3 is 9.47 Å². The summed E-state index contributed by atoms with van der Waals surface area (Å²) >= 11 is 0. The van der Waals surface area contributed by atoms with E-state index in [1.54, 1.807) is 7.11 Å². The highest BCUT2D eigenvalue weighted by molar-refractivity contribution is 5.96. The molecule has 0 bridgehead atoms. The normalized spacial score (nSPS) is 19.3.